The summed E-state index contributed by atoms with van der Waals surface area (Å²) in [5, 5.41) is 11.4. The van der Waals surface area contributed by atoms with Gasteiger partial charge in [0.1, 0.15) is 11.7 Å². The molecule has 0 radical (unpaired) electrons. The van der Waals surface area contributed by atoms with Crippen molar-refractivity contribution < 1.29 is 9.53 Å². The van der Waals surface area contributed by atoms with Crippen molar-refractivity contribution in [3.63, 3.8) is 0 Å². The first kappa shape index (κ1) is 19.1. The van der Waals surface area contributed by atoms with E-state index in [1.807, 2.05) is 60.7 Å². The number of carbonyl (C=O) groups excluding carboxylic acids is 1. The van der Waals surface area contributed by atoms with E-state index >= 15 is 0 Å². The maximum Gasteiger partial charge on any atom is 0.340 e. The van der Waals surface area contributed by atoms with Gasteiger partial charge in [0.05, 0.1) is 23.4 Å². The number of nitrogens with one attached hydrogen (secondary N) is 2. The summed E-state index contributed by atoms with van der Waals surface area (Å²) >= 11 is 0. The molecule has 0 saturated heterocycles. The molecule has 3 rings (SSSR count). The van der Waals surface area contributed by atoms with Crippen LogP contribution in [-0.4, -0.2) is 23.4 Å². The predicted octanol–water partition coefficient (Wildman–Crippen LogP) is 4.26. The molecule has 4 N–H and O–H groups in total. The molecule has 0 fully saturated rings. The van der Waals surface area contributed by atoms with E-state index in [1.54, 1.807) is 13.8 Å². The summed E-state index contributed by atoms with van der Waals surface area (Å²) in [7, 11) is 0. The second-order valence-electron chi connectivity index (χ2n) is 6.16. The number of hydrogen-bond acceptors (Lipinski definition) is 5. The molecule has 142 valence electrons. The molecule has 0 aliphatic rings. The van der Waals surface area contributed by atoms with Crippen LogP contribution < -0.4 is 11.1 Å². The number of hydrogen-bond donors (Lipinski definition) is 3. The van der Waals surface area contributed by atoms with Gasteiger partial charge in [0, 0.05) is 11.3 Å². The Bertz CT molecular complexity index is 1000. The maximum absolute atomic E-state index is 12.7. The van der Waals surface area contributed by atoms with Crippen LogP contribution in [0.3, 0.4) is 0 Å². The molecule has 2 aromatic carbocycles. The summed E-state index contributed by atoms with van der Waals surface area (Å²) in [4.78, 5) is 17.3. The second kappa shape index (κ2) is 8.35. The van der Waals surface area contributed by atoms with Gasteiger partial charge in [-0.25, -0.2) is 9.78 Å². The van der Waals surface area contributed by atoms with Gasteiger partial charge < -0.3 is 15.8 Å². The highest BCUT2D eigenvalue weighted by Gasteiger charge is 2.26. The average Bonchev–Trinajstić information content (AvgIpc) is 2.68. The standard InChI is InChI=1S/C22H22N4O2/c1-3-28-22(27)17-14(2)25-21(26-16-12-8-5-9-13-16)19(20(23)24)18(17)15-10-6-4-7-11-15/h4-13H,3H2,1-2H3,(H3,23,24)(H,25,26). The van der Waals surface area contributed by atoms with Crippen molar-refractivity contribution >= 4 is 23.3 Å². The first-order chi connectivity index (χ1) is 13.5. The quantitative estimate of drug-likeness (QED) is 0.340. The molecule has 1 aromatic heterocycles. The maximum atomic E-state index is 12.7. The number of nitrogens with two attached hydrogens (primary N) is 1. The third-order valence-corrected chi connectivity index (χ3v) is 4.23. The van der Waals surface area contributed by atoms with Gasteiger partial charge in [-0.1, -0.05) is 48.5 Å². The number of para-hydroxylation sites is 1. The predicted molar refractivity (Wildman–Crippen MR) is 111 cm³/mol. The summed E-state index contributed by atoms with van der Waals surface area (Å²) < 4.78 is 5.25. The van der Waals surface area contributed by atoms with Crippen molar-refractivity contribution in [3.8, 4) is 11.1 Å². The van der Waals surface area contributed by atoms with Crippen LogP contribution in [0, 0.1) is 12.3 Å². The lowest BCUT2D eigenvalue weighted by Gasteiger charge is -2.20. The van der Waals surface area contributed by atoms with Crippen molar-refractivity contribution in [2.45, 2.75) is 13.8 Å². The summed E-state index contributed by atoms with van der Waals surface area (Å²) in [6.07, 6.45) is 0. The van der Waals surface area contributed by atoms with Crippen LogP contribution in [0.4, 0.5) is 11.5 Å². The average molecular weight is 374 g/mol. The number of nitrogen functional groups attached to an aromatic ring is 1. The summed E-state index contributed by atoms with van der Waals surface area (Å²) in [6.45, 7) is 3.74. The third kappa shape index (κ3) is 3.86. The van der Waals surface area contributed by atoms with Crippen molar-refractivity contribution in [2.75, 3.05) is 11.9 Å². The summed E-state index contributed by atoms with van der Waals surface area (Å²) in [6, 6.07) is 18.9. The van der Waals surface area contributed by atoms with E-state index < -0.39 is 5.97 Å². The number of amidine groups is 1. The van der Waals surface area contributed by atoms with Gasteiger partial charge in [-0.2, -0.15) is 0 Å². The number of rotatable bonds is 6. The fourth-order valence-electron chi connectivity index (χ4n) is 3.06. The molecule has 6 nitrogen and oxygen atoms in total. The number of pyridine rings is 1. The molecule has 0 spiro atoms. The van der Waals surface area contributed by atoms with Crippen LogP contribution in [0.25, 0.3) is 11.1 Å². The van der Waals surface area contributed by atoms with Crippen LogP contribution in [0.2, 0.25) is 0 Å². The molecule has 0 saturated carbocycles. The number of carbonyl (C=O) groups is 1. The number of esters is 1. The highest BCUT2D eigenvalue weighted by atomic mass is 16.5. The Kier molecular flexibility index (Phi) is 5.69. The van der Waals surface area contributed by atoms with E-state index in [0.29, 0.717) is 28.2 Å². The summed E-state index contributed by atoms with van der Waals surface area (Å²) in [5.74, 6) is -0.251. The lowest BCUT2D eigenvalue weighted by Crippen LogP contribution is -2.20. The zero-order valence-corrected chi connectivity index (χ0v) is 15.8. The lowest BCUT2D eigenvalue weighted by molar-refractivity contribution is 0.0526. The molecule has 0 unspecified atom stereocenters. The molecule has 0 aliphatic heterocycles. The van der Waals surface area contributed by atoms with Crippen LogP contribution >= 0.6 is 0 Å². The highest BCUT2D eigenvalue weighted by molar-refractivity contribution is 6.11. The number of aromatic nitrogens is 1. The second-order valence-corrected chi connectivity index (χ2v) is 6.16. The Morgan fingerprint density at radius 2 is 1.68 bits per heavy atom. The van der Waals surface area contributed by atoms with E-state index in [0.717, 1.165) is 11.3 Å². The van der Waals surface area contributed by atoms with Crippen LogP contribution in [0.1, 0.15) is 28.5 Å². The molecule has 0 bridgehead atoms. The Morgan fingerprint density at radius 3 is 2.25 bits per heavy atom. The van der Waals surface area contributed by atoms with E-state index in [-0.39, 0.29) is 12.4 Å². The van der Waals surface area contributed by atoms with Gasteiger partial charge in [0.15, 0.2) is 0 Å². The van der Waals surface area contributed by atoms with Gasteiger partial charge >= 0.3 is 5.97 Å². The number of anilines is 2. The fourth-order valence-corrected chi connectivity index (χ4v) is 3.06. The van der Waals surface area contributed by atoms with Gasteiger partial charge in [-0.05, 0) is 31.5 Å². The number of benzene rings is 2. The van der Waals surface area contributed by atoms with Crippen molar-refractivity contribution in [3.05, 3.63) is 77.5 Å². The zero-order valence-electron chi connectivity index (χ0n) is 15.8. The van der Waals surface area contributed by atoms with Gasteiger partial charge in [-0.3, -0.25) is 5.41 Å². The molecular formula is C22H22N4O2. The largest absolute Gasteiger partial charge is 0.462 e. The third-order valence-electron chi connectivity index (χ3n) is 4.23. The Balaban J connectivity index is 2.30. The topological polar surface area (TPSA) is 101 Å². The smallest absolute Gasteiger partial charge is 0.340 e. The zero-order chi connectivity index (χ0) is 20.1. The monoisotopic (exact) mass is 374 g/mol. The van der Waals surface area contributed by atoms with Gasteiger partial charge in [-0.15, -0.1) is 0 Å². The SMILES string of the molecule is CCOC(=O)c1c(C)nc(Nc2ccccc2)c(C(=N)N)c1-c1ccccc1. The van der Waals surface area contributed by atoms with Crippen LogP contribution in [0.5, 0.6) is 0 Å². The molecule has 0 amide bonds. The number of ether oxygens (including phenoxy) is 1. The van der Waals surface area contributed by atoms with Crippen molar-refractivity contribution in [1.29, 1.82) is 5.41 Å². The molecule has 3 aromatic rings. The molecule has 28 heavy (non-hydrogen) atoms. The highest BCUT2D eigenvalue weighted by Crippen LogP contribution is 2.35. The molecular weight excluding hydrogens is 352 g/mol. The van der Waals surface area contributed by atoms with E-state index in [1.165, 1.54) is 0 Å². The minimum Gasteiger partial charge on any atom is -0.462 e. The van der Waals surface area contributed by atoms with E-state index in [2.05, 4.69) is 10.3 Å². The van der Waals surface area contributed by atoms with E-state index in [4.69, 9.17) is 15.9 Å². The first-order valence-electron chi connectivity index (χ1n) is 8.96. The Labute approximate surface area is 163 Å². The van der Waals surface area contributed by atoms with Gasteiger partial charge in [0.25, 0.3) is 0 Å². The first-order valence-corrected chi connectivity index (χ1v) is 8.96. The molecule has 0 aliphatic carbocycles. The van der Waals surface area contributed by atoms with Crippen LogP contribution in [-0.2, 0) is 4.74 Å². The Hall–Kier alpha value is -3.67. The summed E-state index contributed by atoms with van der Waals surface area (Å²) in [5.41, 5.74) is 9.24. The fraction of sp³-hybridized carbons (Fsp3) is 0.136. The van der Waals surface area contributed by atoms with Crippen LogP contribution in [0.15, 0.2) is 60.7 Å². The normalized spacial score (nSPS) is 10.4. The number of nitrogens with zero attached hydrogens (tertiary/aromatic N) is 1. The lowest BCUT2D eigenvalue weighted by atomic mass is 9.93. The van der Waals surface area contributed by atoms with E-state index in [9.17, 15) is 4.79 Å². The van der Waals surface area contributed by atoms with Crippen molar-refractivity contribution in [2.24, 2.45) is 5.73 Å². The molecule has 0 atom stereocenters. The molecule has 6 heteroatoms. The number of aryl methyl sites for hydroxylation is 1. The van der Waals surface area contributed by atoms with Gasteiger partial charge in [0.2, 0.25) is 0 Å². The minimum atomic E-state index is -0.486. The Morgan fingerprint density at radius 1 is 1.07 bits per heavy atom. The minimum absolute atomic E-state index is 0.185. The molecule has 1 heterocycles. The van der Waals surface area contributed by atoms with Crippen molar-refractivity contribution in [1.82, 2.24) is 4.98 Å².